The predicted octanol–water partition coefficient (Wildman–Crippen LogP) is 4.07. The molecule has 4 nitrogen and oxygen atoms in total. The largest absolute Gasteiger partial charge is 0.455 e. The second kappa shape index (κ2) is 8.62. The normalized spacial score (nSPS) is 10.4. The minimum absolute atomic E-state index is 0.0572. The van der Waals surface area contributed by atoms with Gasteiger partial charge in [0.05, 0.1) is 6.42 Å². The van der Waals surface area contributed by atoms with Crippen LogP contribution in [0.3, 0.4) is 0 Å². The van der Waals surface area contributed by atoms with Crippen LogP contribution in [-0.2, 0) is 27.2 Å². The lowest BCUT2D eigenvalue weighted by atomic mass is 10.1. The van der Waals surface area contributed by atoms with Crippen LogP contribution in [0.25, 0.3) is 0 Å². The van der Waals surface area contributed by atoms with E-state index >= 15 is 0 Å². The molecule has 132 valence electrons. The van der Waals surface area contributed by atoms with Crippen molar-refractivity contribution >= 4 is 29.2 Å². The van der Waals surface area contributed by atoms with Gasteiger partial charge in [0, 0.05) is 16.3 Å². The molecule has 0 unspecified atom stereocenters. The van der Waals surface area contributed by atoms with Gasteiger partial charge in [-0.3, -0.25) is 9.59 Å². The fourth-order valence-corrected chi connectivity index (χ4v) is 2.65. The second-order valence-electron chi connectivity index (χ2n) is 5.55. The molecule has 2 aromatic carbocycles. The van der Waals surface area contributed by atoms with Crippen LogP contribution in [0.15, 0.2) is 36.4 Å². The summed E-state index contributed by atoms with van der Waals surface area (Å²) < 4.78 is 18.6. The van der Waals surface area contributed by atoms with E-state index in [2.05, 4.69) is 5.32 Å². The Balaban J connectivity index is 1.93. The van der Waals surface area contributed by atoms with Gasteiger partial charge in [0.15, 0.2) is 6.61 Å². The summed E-state index contributed by atoms with van der Waals surface area (Å²) in [5.41, 5.74) is 2.71. The number of hydrogen-bond donors (Lipinski definition) is 1. The fraction of sp³-hybridized carbons (Fsp3) is 0.263. The Hall–Kier alpha value is -2.40. The molecular weight excluding hydrogens is 345 g/mol. The summed E-state index contributed by atoms with van der Waals surface area (Å²) in [6, 6.07) is 9.89. The second-order valence-corrected chi connectivity index (χ2v) is 5.96. The Labute approximate surface area is 150 Å². The summed E-state index contributed by atoms with van der Waals surface area (Å²) in [5.74, 6) is -1.75. The van der Waals surface area contributed by atoms with E-state index in [0.717, 1.165) is 23.2 Å². The summed E-state index contributed by atoms with van der Waals surface area (Å²) in [4.78, 5) is 23.9. The van der Waals surface area contributed by atoms with Crippen molar-refractivity contribution in [2.24, 2.45) is 0 Å². The number of ether oxygens (including phenoxy) is 1. The number of para-hydroxylation sites is 1. The molecule has 0 saturated carbocycles. The molecule has 0 atom stereocenters. The van der Waals surface area contributed by atoms with Crippen LogP contribution >= 0.6 is 11.6 Å². The minimum atomic E-state index is -0.720. The van der Waals surface area contributed by atoms with Crippen molar-refractivity contribution in [2.75, 3.05) is 11.9 Å². The molecule has 0 saturated heterocycles. The van der Waals surface area contributed by atoms with Gasteiger partial charge in [0.1, 0.15) is 5.82 Å². The molecule has 0 fully saturated rings. The van der Waals surface area contributed by atoms with Crippen LogP contribution in [0.1, 0.15) is 23.6 Å². The quantitative estimate of drug-likeness (QED) is 0.787. The zero-order valence-corrected chi connectivity index (χ0v) is 14.8. The number of carbonyl (C=O) groups excluding carboxylic acids is 2. The van der Waals surface area contributed by atoms with Crippen molar-refractivity contribution in [3.05, 3.63) is 63.9 Å². The third-order valence-corrected chi connectivity index (χ3v) is 4.11. The van der Waals surface area contributed by atoms with E-state index in [0.29, 0.717) is 0 Å². The van der Waals surface area contributed by atoms with Crippen LogP contribution in [0.5, 0.6) is 0 Å². The van der Waals surface area contributed by atoms with Gasteiger partial charge in [0.25, 0.3) is 5.91 Å². The number of nitrogens with one attached hydrogen (secondary N) is 1. The standard InChI is InChI=1S/C19H19ClFNO3/c1-3-13-7-4-6-12(2)19(13)22-17(23)11-25-18(24)10-14-15(20)8-5-9-16(14)21/h4-9H,3,10-11H2,1-2H3,(H,22,23). The van der Waals surface area contributed by atoms with Crippen LogP contribution in [0.2, 0.25) is 5.02 Å². The van der Waals surface area contributed by atoms with Gasteiger partial charge < -0.3 is 10.1 Å². The maximum absolute atomic E-state index is 13.7. The van der Waals surface area contributed by atoms with E-state index in [1.165, 1.54) is 18.2 Å². The van der Waals surface area contributed by atoms with Crippen LogP contribution in [-0.4, -0.2) is 18.5 Å². The first kappa shape index (κ1) is 18.9. The lowest BCUT2D eigenvalue weighted by Gasteiger charge is -2.13. The number of carbonyl (C=O) groups is 2. The predicted molar refractivity (Wildman–Crippen MR) is 95.3 cm³/mol. The van der Waals surface area contributed by atoms with Crippen LogP contribution in [0, 0.1) is 12.7 Å². The molecule has 2 aromatic rings. The number of anilines is 1. The molecule has 0 bridgehead atoms. The minimum Gasteiger partial charge on any atom is -0.455 e. The van der Waals surface area contributed by atoms with Crippen molar-refractivity contribution in [3.63, 3.8) is 0 Å². The van der Waals surface area contributed by atoms with Crippen LogP contribution < -0.4 is 5.32 Å². The number of amides is 1. The van der Waals surface area contributed by atoms with Gasteiger partial charge in [-0.25, -0.2) is 4.39 Å². The zero-order valence-electron chi connectivity index (χ0n) is 14.1. The molecule has 0 radical (unpaired) electrons. The maximum atomic E-state index is 13.7. The van der Waals surface area contributed by atoms with Gasteiger partial charge in [0.2, 0.25) is 0 Å². The SMILES string of the molecule is CCc1cccc(C)c1NC(=O)COC(=O)Cc1c(F)cccc1Cl. The van der Waals surface area contributed by atoms with E-state index < -0.39 is 24.3 Å². The molecule has 25 heavy (non-hydrogen) atoms. The van der Waals surface area contributed by atoms with E-state index in [9.17, 15) is 14.0 Å². The molecule has 0 aliphatic carbocycles. The number of esters is 1. The van der Waals surface area contributed by atoms with Crippen molar-refractivity contribution in [1.82, 2.24) is 0 Å². The van der Waals surface area contributed by atoms with Gasteiger partial charge in [-0.1, -0.05) is 42.8 Å². The van der Waals surface area contributed by atoms with E-state index in [1.807, 2.05) is 32.0 Å². The van der Waals surface area contributed by atoms with Crippen molar-refractivity contribution in [1.29, 1.82) is 0 Å². The summed E-state index contributed by atoms with van der Waals surface area (Å²) in [6.07, 6.45) is 0.437. The summed E-state index contributed by atoms with van der Waals surface area (Å²) in [5, 5.41) is 2.90. The van der Waals surface area contributed by atoms with Crippen LogP contribution in [0.4, 0.5) is 10.1 Å². The summed E-state index contributed by atoms with van der Waals surface area (Å²) in [7, 11) is 0. The summed E-state index contributed by atoms with van der Waals surface area (Å²) in [6.45, 7) is 3.44. The lowest BCUT2D eigenvalue weighted by molar-refractivity contribution is -0.146. The first-order chi connectivity index (χ1) is 11.9. The molecule has 1 amide bonds. The smallest absolute Gasteiger partial charge is 0.310 e. The van der Waals surface area contributed by atoms with E-state index in [-0.39, 0.29) is 17.0 Å². The highest BCUT2D eigenvalue weighted by Gasteiger charge is 2.15. The van der Waals surface area contributed by atoms with Crippen molar-refractivity contribution < 1.29 is 18.7 Å². The molecule has 2 rings (SSSR count). The highest BCUT2D eigenvalue weighted by atomic mass is 35.5. The Morgan fingerprint density at radius 1 is 1.20 bits per heavy atom. The fourth-order valence-electron chi connectivity index (χ4n) is 2.42. The topological polar surface area (TPSA) is 55.4 Å². The zero-order chi connectivity index (χ0) is 18.4. The van der Waals surface area contributed by atoms with Gasteiger partial charge in [-0.05, 0) is 36.6 Å². The average Bonchev–Trinajstić information content (AvgIpc) is 2.58. The Kier molecular flexibility index (Phi) is 6.53. The average molecular weight is 364 g/mol. The Morgan fingerprint density at radius 3 is 2.60 bits per heavy atom. The Bertz CT molecular complexity index is 772. The number of rotatable bonds is 6. The van der Waals surface area contributed by atoms with E-state index in [1.54, 1.807) is 0 Å². The van der Waals surface area contributed by atoms with Gasteiger partial charge in [-0.15, -0.1) is 0 Å². The van der Waals surface area contributed by atoms with Crippen molar-refractivity contribution in [2.45, 2.75) is 26.7 Å². The molecule has 6 heteroatoms. The molecule has 0 aliphatic heterocycles. The maximum Gasteiger partial charge on any atom is 0.310 e. The first-order valence-corrected chi connectivity index (χ1v) is 8.27. The van der Waals surface area contributed by atoms with Gasteiger partial charge in [-0.2, -0.15) is 0 Å². The molecule has 0 aromatic heterocycles. The highest BCUT2D eigenvalue weighted by Crippen LogP contribution is 2.21. The molecular formula is C19H19ClFNO3. The van der Waals surface area contributed by atoms with Gasteiger partial charge >= 0.3 is 5.97 Å². The molecule has 0 aliphatic rings. The van der Waals surface area contributed by atoms with E-state index in [4.69, 9.17) is 16.3 Å². The molecule has 0 spiro atoms. The third kappa shape index (κ3) is 5.03. The Morgan fingerprint density at radius 2 is 1.92 bits per heavy atom. The third-order valence-electron chi connectivity index (χ3n) is 3.75. The number of benzene rings is 2. The van der Waals surface area contributed by atoms with Crippen molar-refractivity contribution in [3.8, 4) is 0 Å². The monoisotopic (exact) mass is 363 g/mol. The molecule has 0 heterocycles. The number of aryl methyl sites for hydroxylation is 2. The lowest BCUT2D eigenvalue weighted by Crippen LogP contribution is -2.23. The highest BCUT2D eigenvalue weighted by molar-refractivity contribution is 6.31. The molecule has 1 N–H and O–H groups in total. The first-order valence-electron chi connectivity index (χ1n) is 7.89. The number of halogens is 2. The number of hydrogen-bond acceptors (Lipinski definition) is 3. The summed E-state index contributed by atoms with van der Waals surface area (Å²) >= 11 is 5.87.